The Labute approximate surface area is 360 Å². The zero-order chi connectivity index (χ0) is 42.9. The summed E-state index contributed by atoms with van der Waals surface area (Å²) in [6, 6.07) is 15.0. The van der Waals surface area contributed by atoms with Gasteiger partial charge in [-0.3, -0.25) is 14.5 Å². The minimum atomic E-state index is -4.45. The normalized spacial score (nSPS) is 18.5. The molecule has 1 unspecified atom stereocenters. The third kappa shape index (κ3) is 9.95. The topological polar surface area (TPSA) is 148 Å². The van der Waals surface area contributed by atoms with Crippen molar-refractivity contribution in [3.05, 3.63) is 147 Å². The van der Waals surface area contributed by atoms with Crippen molar-refractivity contribution >= 4 is 44.9 Å². The number of amides is 1. The fourth-order valence-electron chi connectivity index (χ4n) is 7.68. The second-order valence-corrected chi connectivity index (χ2v) is 16.7. The van der Waals surface area contributed by atoms with E-state index in [1.807, 2.05) is 18.2 Å². The molecule has 1 amide bonds. The van der Waals surface area contributed by atoms with Crippen molar-refractivity contribution in [1.82, 2.24) is 19.2 Å². The van der Waals surface area contributed by atoms with Crippen molar-refractivity contribution in [3.8, 4) is 0 Å². The number of hydrogen-bond donors (Lipinski definition) is 2. The highest BCUT2D eigenvalue weighted by atomic mass is 32.2. The Kier molecular flexibility index (Phi) is 13.2. The maximum atomic E-state index is 14.0. The maximum Gasteiger partial charge on any atom is 0.443 e. The molecular weight excluding hydrogens is 807 g/mol. The molecule has 316 valence electrons. The number of benzene rings is 2. The molecule has 4 aliphatic heterocycles. The molecule has 4 heterocycles. The molecule has 1 atom stereocenters. The van der Waals surface area contributed by atoms with Crippen molar-refractivity contribution in [2.45, 2.75) is 23.7 Å². The van der Waals surface area contributed by atoms with Gasteiger partial charge in [-0.25, -0.2) is 18.2 Å². The lowest BCUT2D eigenvalue weighted by atomic mass is 9.89. The van der Waals surface area contributed by atoms with E-state index < -0.39 is 15.9 Å². The third-order valence-corrected chi connectivity index (χ3v) is 12.4. The Bertz CT molecular complexity index is 2710. The second kappa shape index (κ2) is 19.4. The number of methoxy groups -OCH3 is 1. The van der Waals surface area contributed by atoms with Gasteiger partial charge >= 0.3 is 5.84 Å². The number of anilines is 2. The van der Waals surface area contributed by atoms with Gasteiger partial charge in [0.15, 0.2) is 5.76 Å². The van der Waals surface area contributed by atoms with Gasteiger partial charge in [-0.1, -0.05) is 47.5 Å². The Hall–Kier alpha value is -6.60. The van der Waals surface area contributed by atoms with Crippen LogP contribution in [0.2, 0.25) is 0 Å². The number of carbonyl (C=O) groups is 1. The number of hydroxylamine groups is 1. The van der Waals surface area contributed by atoms with Gasteiger partial charge in [0.25, 0.3) is 15.9 Å². The number of ether oxygens (including phenoxy) is 3. The average Bonchev–Trinajstić information content (AvgIpc) is 3.78. The van der Waals surface area contributed by atoms with Crippen LogP contribution in [0.3, 0.4) is 0 Å². The first-order chi connectivity index (χ1) is 30.3. The van der Waals surface area contributed by atoms with Crippen LogP contribution in [0.4, 0.5) is 11.4 Å². The molecule has 62 heavy (non-hydrogen) atoms. The molecule has 2 N–H and O–H groups in total. The summed E-state index contributed by atoms with van der Waals surface area (Å²) in [5.74, 6) is 5.85. The number of hydrogen-bond acceptors (Lipinski definition) is 12. The number of aliphatic imine (C=N–C) groups is 1. The smallest absolute Gasteiger partial charge is 0.442 e. The van der Waals surface area contributed by atoms with Crippen molar-refractivity contribution in [3.63, 3.8) is 0 Å². The molecule has 0 radical (unpaired) electrons. The molecule has 0 bridgehead atoms. The van der Waals surface area contributed by atoms with E-state index in [-0.39, 0.29) is 34.6 Å². The summed E-state index contributed by atoms with van der Waals surface area (Å²) in [5.41, 5.74) is 16.7. The lowest BCUT2D eigenvalue weighted by Crippen LogP contribution is -2.47. The van der Waals surface area contributed by atoms with Crippen LogP contribution in [0.5, 0.6) is 0 Å². The lowest BCUT2D eigenvalue weighted by molar-refractivity contribution is -0.115. The molecule has 2 aromatic carbocycles. The van der Waals surface area contributed by atoms with Gasteiger partial charge in [-0.2, -0.15) is 0 Å². The molecule has 0 aromatic heterocycles. The SMILES string of the molecule is COCN(OC)c1cc(S(=O)(=O)NC(=O)C2=C=C=C(N3CCN(CC(C4=CC=C=C=C4)c4ccccc4)CC3)C=C2OC2=C=[N+]=C3N=C=CC3=C2)ccc1NCC1CCOCC1. The van der Waals surface area contributed by atoms with Crippen molar-refractivity contribution in [1.29, 1.82) is 0 Å². The van der Waals surface area contributed by atoms with Crippen LogP contribution >= 0.6 is 0 Å². The van der Waals surface area contributed by atoms with Gasteiger partial charge in [-0.15, -0.1) is 4.67 Å². The highest BCUT2D eigenvalue weighted by molar-refractivity contribution is 7.90. The molecule has 2 aromatic rings. The summed E-state index contributed by atoms with van der Waals surface area (Å²) < 4.78 is 51.5. The number of carbonyl (C=O) groups excluding carboxylic acids is 1. The Morgan fingerprint density at radius 2 is 1.85 bits per heavy atom. The van der Waals surface area contributed by atoms with Crippen LogP contribution in [0.25, 0.3) is 0 Å². The van der Waals surface area contributed by atoms with Crippen LogP contribution in [-0.4, -0.2) is 115 Å². The summed E-state index contributed by atoms with van der Waals surface area (Å²) in [5, 5.41) is 4.86. The first kappa shape index (κ1) is 42.1. The average molecular weight is 853 g/mol. The highest BCUT2D eigenvalue weighted by Crippen LogP contribution is 2.32. The van der Waals surface area contributed by atoms with E-state index in [4.69, 9.17) is 19.0 Å². The number of amidine groups is 1. The van der Waals surface area contributed by atoms with E-state index >= 15 is 0 Å². The van der Waals surface area contributed by atoms with Gasteiger partial charge in [0, 0.05) is 88.7 Å². The van der Waals surface area contributed by atoms with E-state index in [9.17, 15) is 13.2 Å². The first-order valence-electron chi connectivity index (χ1n) is 20.4. The molecule has 0 saturated carbocycles. The van der Waals surface area contributed by atoms with Gasteiger partial charge < -0.3 is 24.4 Å². The summed E-state index contributed by atoms with van der Waals surface area (Å²) in [7, 11) is -1.48. The fraction of sp³-hybridized carbons (Fsp3) is 0.319. The summed E-state index contributed by atoms with van der Waals surface area (Å²) in [6.45, 7) is 5.75. The number of fused-ring (bicyclic) bond motifs is 1. The monoisotopic (exact) mass is 852 g/mol. The van der Waals surface area contributed by atoms with E-state index in [1.54, 1.807) is 24.3 Å². The number of piperazine rings is 1. The zero-order valence-corrected chi connectivity index (χ0v) is 35.3. The third-order valence-electron chi connectivity index (χ3n) is 11.1. The van der Waals surface area contributed by atoms with Crippen molar-refractivity contribution in [2.24, 2.45) is 10.9 Å². The summed E-state index contributed by atoms with van der Waals surface area (Å²) in [4.78, 5) is 28.1. The number of nitrogens with one attached hydrogen (secondary N) is 2. The van der Waals surface area contributed by atoms with Crippen LogP contribution in [-0.2, 0) is 33.9 Å². The van der Waals surface area contributed by atoms with Gasteiger partial charge in [0.1, 0.15) is 23.7 Å². The number of rotatable bonds is 17. The molecule has 2 fully saturated rings. The molecule has 0 spiro atoms. The quantitative estimate of drug-likeness (QED) is 0.102. The van der Waals surface area contributed by atoms with Crippen LogP contribution < -0.4 is 19.8 Å². The fourth-order valence-corrected chi connectivity index (χ4v) is 8.66. The van der Waals surface area contributed by atoms with E-state index in [0.717, 1.165) is 32.5 Å². The molecule has 15 heteroatoms. The minimum absolute atomic E-state index is 0.0153. The Morgan fingerprint density at radius 1 is 1.03 bits per heavy atom. The molecular formula is C47H46N7O7S+. The first-order valence-corrected chi connectivity index (χ1v) is 21.9. The van der Waals surface area contributed by atoms with Gasteiger partial charge in [0.05, 0.1) is 29.1 Å². The number of nitrogens with zero attached hydrogens (tertiary/aromatic N) is 5. The molecule has 6 aliphatic rings. The van der Waals surface area contributed by atoms with Crippen LogP contribution in [0, 0.1) is 5.92 Å². The Morgan fingerprint density at radius 3 is 2.61 bits per heavy atom. The predicted octanol–water partition coefficient (Wildman–Crippen LogP) is 4.19. The maximum absolute atomic E-state index is 14.0. The van der Waals surface area contributed by atoms with E-state index in [2.05, 4.69) is 94.5 Å². The highest BCUT2D eigenvalue weighted by Gasteiger charge is 2.31. The number of sulfonamides is 1. The van der Waals surface area contributed by atoms with Crippen LogP contribution in [0.1, 0.15) is 24.3 Å². The minimum Gasteiger partial charge on any atom is -0.442 e. The molecule has 14 nitrogen and oxygen atoms in total. The van der Waals surface area contributed by atoms with Gasteiger partial charge in [-0.05, 0) is 72.1 Å². The number of allylic oxidation sites excluding steroid dienone is 5. The van der Waals surface area contributed by atoms with Crippen molar-refractivity contribution < 1.29 is 32.3 Å². The second-order valence-electron chi connectivity index (χ2n) is 15.1. The summed E-state index contributed by atoms with van der Waals surface area (Å²) in [6.07, 6.45) is 12.8. The van der Waals surface area contributed by atoms with E-state index in [1.165, 1.54) is 42.6 Å². The Balaban J connectivity index is 1.03. The van der Waals surface area contributed by atoms with E-state index in [0.29, 0.717) is 67.2 Å². The largest absolute Gasteiger partial charge is 0.443 e. The summed E-state index contributed by atoms with van der Waals surface area (Å²) >= 11 is 0. The molecule has 8 rings (SSSR count). The van der Waals surface area contributed by atoms with Crippen LogP contribution in [0.15, 0.2) is 152 Å². The van der Waals surface area contributed by atoms with Gasteiger partial charge in [0.2, 0.25) is 11.6 Å². The predicted molar refractivity (Wildman–Crippen MR) is 236 cm³/mol. The standard InChI is InChI=1S/C47H45N7O7S/c1-58-33-54(59-2)44-29-40(14-16-43(44)49-30-34-18-25-60-26-19-34)62(56,57)51-47(55)41-15-13-38(28-45(41)61-39-27-37-17-20-48-46(37)50-31-39)53-23-21-52(22-24-53)32-42(35-9-5-3-6-10-35)36-11-7-4-8-12-36/h3,5-7,9-12,14,16-17,27-29,34,42,49H,18-19,21-26,30,32-33H2,1-2H3/p+1. The lowest BCUT2D eigenvalue weighted by Gasteiger charge is -2.38. The molecule has 2 saturated heterocycles. The molecule has 2 aliphatic carbocycles. The zero-order valence-electron chi connectivity index (χ0n) is 34.5. The van der Waals surface area contributed by atoms with Crippen molar-refractivity contribution in [2.75, 3.05) is 83.8 Å².